The summed E-state index contributed by atoms with van der Waals surface area (Å²) in [5, 5.41) is 15.0. The van der Waals surface area contributed by atoms with Crippen molar-refractivity contribution < 1.29 is 9.84 Å². The summed E-state index contributed by atoms with van der Waals surface area (Å²) in [6.45, 7) is 6.98. The van der Waals surface area contributed by atoms with Crippen LogP contribution in [-0.2, 0) is 10.3 Å². The lowest BCUT2D eigenvalue weighted by Gasteiger charge is -2.40. The van der Waals surface area contributed by atoms with Gasteiger partial charge >= 0.3 is 0 Å². The summed E-state index contributed by atoms with van der Waals surface area (Å²) in [7, 11) is 1.74. The number of benzene rings is 1. The fourth-order valence-electron chi connectivity index (χ4n) is 3.71. The lowest BCUT2D eigenvalue weighted by atomic mass is 9.74. The first-order valence-electron chi connectivity index (χ1n) is 8.57. The number of aryl methyl sites for hydroxylation is 2. The molecule has 124 valence electrons. The van der Waals surface area contributed by atoms with Crippen molar-refractivity contribution in [2.45, 2.75) is 51.6 Å². The fraction of sp³-hybridized carbons (Fsp3) is 0.684. The van der Waals surface area contributed by atoms with Crippen molar-refractivity contribution >= 4 is 0 Å². The highest BCUT2D eigenvalue weighted by atomic mass is 16.5. The molecule has 0 aromatic heterocycles. The van der Waals surface area contributed by atoms with Gasteiger partial charge in [0.1, 0.15) is 0 Å². The average molecular weight is 305 g/mol. The van der Waals surface area contributed by atoms with Gasteiger partial charge in [-0.15, -0.1) is 0 Å². The molecule has 1 saturated heterocycles. The molecule has 1 aliphatic heterocycles. The van der Waals surface area contributed by atoms with Crippen molar-refractivity contribution in [3.8, 4) is 0 Å². The Kier molecular flexibility index (Phi) is 6.42. The molecule has 1 aliphatic rings. The van der Waals surface area contributed by atoms with E-state index in [0.717, 1.165) is 57.4 Å². The van der Waals surface area contributed by atoms with E-state index < -0.39 is 5.60 Å². The third-order valence-electron chi connectivity index (χ3n) is 4.85. The number of rotatable bonds is 7. The predicted molar refractivity (Wildman–Crippen MR) is 91.1 cm³/mol. The molecule has 2 N–H and O–H groups in total. The summed E-state index contributed by atoms with van der Waals surface area (Å²) in [4.78, 5) is 0. The molecule has 0 saturated carbocycles. The highest BCUT2D eigenvalue weighted by molar-refractivity contribution is 5.33. The van der Waals surface area contributed by atoms with E-state index in [-0.39, 0.29) is 0 Å². The third kappa shape index (κ3) is 4.31. The largest absolute Gasteiger partial charge is 0.385 e. The van der Waals surface area contributed by atoms with Crippen LogP contribution in [0.4, 0.5) is 0 Å². The maximum Gasteiger partial charge on any atom is 0.0936 e. The highest BCUT2D eigenvalue weighted by Crippen LogP contribution is 2.39. The number of nitrogens with one attached hydrogen (secondary N) is 1. The number of aliphatic hydroxyl groups is 1. The van der Waals surface area contributed by atoms with Gasteiger partial charge in [0, 0.05) is 26.2 Å². The Morgan fingerprint density at radius 3 is 2.55 bits per heavy atom. The molecular formula is C19H31NO2. The smallest absolute Gasteiger partial charge is 0.0936 e. The molecule has 0 radical (unpaired) electrons. The molecule has 0 aliphatic carbocycles. The minimum atomic E-state index is -0.724. The van der Waals surface area contributed by atoms with E-state index in [9.17, 15) is 5.11 Å². The first-order chi connectivity index (χ1) is 10.6. The zero-order valence-corrected chi connectivity index (χ0v) is 14.3. The molecule has 22 heavy (non-hydrogen) atoms. The van der Waals surface area contributed by atoms with Crippen molar-refractivity contribution in [1.29, 1.82) is 0 Å². The van der Waals surface area contributed by atoms with Gasteiger partial charge in [-0.1, -0.05) is 29.3 Å². The summed E-state index contributed by atoms with van der Waals surface area (Å²) in [6, 6.07) is 6.50. The molecule has 1 heterocycles. The van der Waals surface area contributed by atoms with E-state index in [4.69, 9.17) is 4.74 Å². The Labute approximate surface area is 135 Å². The maximum absolute atomic E-state index is 11.6. The summed E-state index contributed by atoms with van der Waals surface area (Å²) < 4.78 is 5.15. The Morgan fingerprint density at radius 2 is 1.95 bits per heavy atom. The number of hydrogen-bond acceptors (Lipinski definition) is 3. The van der Waals surface area contributed by atoms with E-state index in [1.807, 2.05) is 0 Å². The molecule has 3 nitrogen and oxygen atoms in total. The van der Waals surface area contributed by atoms with Crippen molar-refractivity contribution in [3.63, 3.8) is 0 Å². The van der Waals surface area contributed by atoms with Crippen LogP contribution in [-0.4, -0.2) is 31.9 Å². The topological polar surface area (TPSA) is 41.5 Å². The van der Waals surface area contributed by atoms with E-state index in [1.54, 1.807) is 7.11 Å². The molecule has 1 aromatic carbocycles. The van der Waals surface area contributed by atoms with Gasteiger partial charge < -0.3 is 15.2 Å². The minimum absolute atomic E-state index is 0.296. The van der Waals surface area contributed by atoms with Gasteiger partial charge in [-0.05, 0) is 58.1 Å². The van der Waals surface area contributed by atoms with Crippen molar-refractivity contribution in [3.05, 3.63) is 34.9 Å². The Bertz CT molecular complexity index is 448. The summed E-state index contributed by atoms with van der Waals surface area (Å²) in [6.07, 6.45) is 5.06. The highest BCUT2D eigenvalue weighted by Gasteiger charge is 2.38. The monoisotopic (exact) mass is 305 g/mol. The van der Waals surface area contributed by atoms with Crippen LogP contribution < -0.4 is 5.32 Å². The Morgan fingerprint density at radius 1 is 1.23 bits per heavy atom. The van der Waals surface area contributed by atoms with Crippen LogP contribution in [0.25, 0.3) is 0 Å². The molecular weight excluding hydrogens is 274 g/mol. The molecule has 1 unspecified atom stereocenters. The zero-order valence-electron chi connectivity index (χ0n) is 14.3. The molecule has 0 spiro atoms. The summed E-state index contributed by atoms with van der Waals surface area (Å²) in [5.41, 5.74) is 2.83. The number of piperidine rings is 1. The fourth-order valence-corrected chi connectivity index (χ4v) is 3.71. The van der Waals surface area contributed by atoms with E-state index >= 15 is 0 Å². The van der Waals surface area contributed by atoms with Crippen LogP contribution in [0.5, 0.6) is 0 Å². The van der Waals surface area contributed by atoms with Crippen molar-refractivity contribution in [2.24, 2.45) is 5.92 Å². The second-order valence-corrected chi connectivity index (χ2v) is 6.79. The van der Waals surface area contributed by atoms with Crippen LogP contribution in [0.15, 0.2) is 18.2 Å². The number of hydrogen-bond donors (Lipinski definition) is 2. The van der Waals surface area contributed by atoms with Crippen molar-refractivity contribution in [1.82, 2.24) is 5.32 Å². The molecule has 3 heteroatoms. The number of ether oxygens (including phenoxy) is 1. The van der Waals surface area contributed by atoms with Gasteiger partial charge in [-0.3, -0.25) is 0 Å². The lowest BCUT2D eigenvalue weighted by Crippen LogP contribution is -2.44. The first-order valence-corrected chi connectivity index (χ1v) is 8.57. The summed E-state index contributed by atoms with van der Waals surface area (Å²) in [5.74, 6) is 0.296. The molecule has 0 bridgehead atoms. The average Bonchev–Trinajstić information content (AvgIpc) is 2.51. The van der Waals surface area contributed by atoms with E-state index in [1.165, 1.54) is 11.1 Å². The van der Waals surface area contributed by atoms with Gasteiger partial charge in [0.25, 0.3) is 0 Å². The van der Waals surface area contributed by atoms with Crippen LogP contribution >= 0.6 is 0 Å². The van der Waals surface area contributed by atoms with E-state index in [2.05, 4.69) is 37.4 Å². The first kappa shape index (κ1) is 17.5. The Hall–Kier alpha value is -0.900. The molecule has 2 atom stereocenters. The number of methoxy groups -OCH3 is 1. The van der Waals surface area contributed by atoms with Crippen LogP contribution in [0.1, 0.15) is 48.8 Å². The minimum Gasteiger partial charge on any atom is -0.385 e. The predicted octanol–water partition coefficient (Wildman–Crippen LogP) is 3.31. The number of unbranched alkanes of at least 4 members (excludes halogenated alkanes) is 1. The van der Waals surface area contributed by atoms with Crippen molar-refractivity contribution in [2.75, 3.05) is 26.8 Å². The molecule has 1 fully saturated rings. The van der Waals surface area contributed by atoms with Gasteiger partial charge in [0.15, 0.2) is 0 Å². The molecule has 0 amide bonds. The standard InChI is InChI=1S/C19H31NO2/c1-15-11-16(2)13-18(12-15)19(21,8-4-5-10-22-3)17-7-6-9-20-14-17/h11-13,17,20-21H,4-10,14H2,1-3H3/t17?,19-/m0/s1. The van der Waals surface area contributed by atoms with Gasteiger partial charge in [0.05, 0.1) is 5.60 Å². The summed E-state index contributed by atoms with van der Waals surface area (Å²) >= 11 is 0. The van der Waals surface area contributed by atoms with Crippen LogP contribution in [0, 0.1) is 19.8 Å². The maximum atomic E-state index is 11.6. The quantitative estimate of drug-likeness (QED) is 0.759. The lowest BCUT2D eigenvalue weighted by molar-refractivity contribution is -0.0435. The van der Waals surface area contributed by atoms with Gasteiger partial charge in [-0.2, -0.15) is 0 Å². The van der Waals surface area contributed by atoms with E-state index in [0.29, 0.717) is 5.92 Å². The normalized spacial score (nSPS) is 21.5. The van der Waals surface area contributed by atoms with Crippen LogP contribution in [0.2, 0.25) is 0 Å². The molecule has 2 rings (SSSR count). The zero-order chi connectivity index (χ0) is 16.0. The van der Waals surface area contributed by atoms with Gasteiger partial charge in [0.2, 0.25) is 0 Å². The molecule has 1 aromatic rings. The second kappa shape index (κ2) is 8.09. The van der Waals surface area contributed by atoms with Crippen LogP contribution in [0.3, 0.4) is 0 Å². The van der Waals surface area contributed by atoms with Gasteiger partial charge in [-0.25, -0.2) is 0 Å². The Balaban J connectivity index is 2.22. The second-order valence-electron chi connectivity index (χ2n) is 6.79. The third-order valence-corrected chi connectivity index (χ3v) is 4.85. The SMILES string of the molecule is COCCCC[C@@](O)(c1cc(C)cc(C)c1)C1CCCNC1.